The summed E-state index contributed by atoms with van der Waals surface area (Å²) in [6.07, 6.45) is -13.1. The van der Waals surface area contributed by atoms with Gasteiger partial charge in [-0.25, -0.2) is 4.98 Å². The normalized spacial score (nSPS) is 12.8. The van der Waals surface area contributed by atoms with Crippen LogP contribution in [-0.4, -0.2) is 30.0 Å². The largest absolute Gasteiger partial charge is 0.455 e. The first-order chi connectivity index (χ1) is 9.64. The molecule has 0 saturated carbocycles. The van der Waals surface area contributed by atoms with E-state index in [-0.39, 0.29) is 0 Å². The first kappa shape index (κ1) is 17.5. The fraction of sp³-hybridized carbons (Fsp3) is 0.583. The summed E-state index contributed by atoms with van der Waals surface area (Å²) in [6, 6.07) is 2.53. The molecule has 1 N–H and O–H groups in total. The minimum absolute atomic E-state index is 0.301. The highest BCUT2D eigenvalue weighted by Gasteiger charge is 2.59. The molecule has 1 heterocycles. The average molecular weight is 316 g/mol. The summed E-state index contributed by atoms with van der Waals surface area (Å²) in [5.74, 6) is -0.717. The average Bonchev–Trinajstić information content (AvgIpc) is 2.34. The zero-order valence-electron chi connectivity index (χ0n) is 11.1. The molecule has 0 aromatic carbocycles. The number of alkyl halides is 6. The minimum Gasteiger partial charge on any atom is -0.455 e. The van der Waals surface area contributed by atoms with E-state index in [2.05, 4.69) is 15.0 Å². The van der Waals surface area contributed by atoms with Crippen LogP contribution in [0.25, 0.3) is 0 Å². The highest BCUT2D eigenvalue weighted by Crippen LogP contribution is 2.36. The Balaban J connectivity index is 2.83. The van der Waals surface area contributed by atoms with Crippen LogP contribution in [0.5, 0.6) is 5.88 Å². The zero-order chi connectivity index (χ0) is 16.1. The molecule has 3 nitrogen and oxygen atoms in total. The van der Waals surface area contributed by atoms with Gasteiger partial charge in [0.1, 0.15) is 0 Å². The smallest absolute Gasteiger partial charge is 0.434 e. The Morgan fingerprint density at radius 3 is 2.33 bits per heavy atom. The van der Waals surface area contributed by atoms with Crippen molar-refractivity contribution in [3.8, 4) is 5.88 Å². The third-order valence-corrected chi connectivity index (χ3v) is 2.39. The van der Waals surface area contributed by atoms with Crippen LogP contribution in [0.2, 0.25) is 0 Å². The van der Waals surface area contributed by atoms with E-state index in [1.807, 2.05) is 6.92 Å². The van der Waals surface area contributed by atoms with E-state index in [9.17, 15) is 26.3 Å². The molecule has 0 fully saturated rings. The van der Waals surface area contributed by atoms with Gasteiger partial charge in [0.2, 0.25) is 5.88 Å². The second-order valence-corrected chi connectivity index (χ2v) is 4.26. The molecule has 120 valence electrons. The third-order valence-electron chi connectivity index (χ3n) is 2.39. The van der Waals surface area contributed by atoms with Gasteiger partial charge in [-0.1, -0.05) is 6.92 Å². The van der Waals surface area contributed by atoms with Gasteiger partial charge < -0.3 is 10.1 Å². The predicted molar refractivity (Wildman–Crippen MR) is 62.8 cm³/mol. The Kier molecular flexibility index (Phi) is 5.82. The van der Waals surface area contributed by atoms with Crippen molar-refractivity contribution >= 4 is 0 Å². The number of rotatable bonds is 6. The van der Waals surface area contributed by atoms with E-state index in [0.29, 0.717) is 18.7 Å². The lowest BCUT2D eigenvalue weighted by Gasteiger charge is -2.23. The van der Waals surface area contributed by atoms with Gasteiger partial charge in [0.05, 0.1) is 0 Å². The summed E-state index contributed by atoms with van der Waals surface area (Å²) >= 11 is 0. The molecule has 0 saturated heterocycles. The molecule has 0 atom stereocenters. The van der Waals surface area contributed by atoms with Gasteiger partial charge in [-0.3, -0.25) is 0 Å². The van der Waals surface area contributed by atoms with E-state index in [0.717, 1.165) is 18.7 Å². The van der Waals surface area contributed by atoms with Crippen LogP contribution in [0, 0.1) is 0 Å². The number of ether oxygens (including phenoxy) is 1. The standard InChI is InChI=1S/C12H14F6N2O/c1-2-4-19-7-8-3-5-20-9(6-8)21-10(11(13,14)15)12(16,17)18/h3,5-6,10,19H,2,4,7H2,1H3. The molecule has 0 spiro atoms. The van der Waals surface area contributed by atoms with E-state index >= 15 is 0 Å². The van der Waals surface area contributed by atoms with Crippen molar-refractivity contribution in [1.29, 1.82) is 0 Å². The Labute approximate surface area is 117 Å². The summed E-state index contributed by atoms with van der Waals surface area (Å²) in [5, 5.41) is 2.96. The number of hydrogen-bond acceptors (Lipinski definition) is 3. The van der Waals surface area contributed by atoms with Crippen LogP contribution in [0.15, 0.2) is 18.3 Å². The van der Waals surface area contributed by atoms with E-state index in [4.69, 9.17) is 0 Å². The molecular weight excluding hydrogens is 302 g/mol. The molecule has 21 heavy (non-hydrogen) atoms. The number of pyridine rings is 1. The van der Waals surface area contributed by atoms with Crippen molar-refractivity contribution in [2.45, 2.75) is 38.3 Å². The molecule has 0 aliphatic carbocycles. The van der Waals surface area contributed by atoms with E-state index in [1.54, 1.807) is 0 Å². The van der Waals surface area contributed by atoms with Crippen molar-refractivity contribution in [2.24, 2.45) is 0 Å². The second kappa shape index (κ2) is 6.97. The predicted octanol–water partition coefficient (Wildman–Crippen LogP) is 3.45. The number of nitrogens with one attached hydrogen (secondary N) is 1. The van der Waals surface area contributed by atoms with Crippen LogP contribution >= 0.6 is 0 Å². The molecular formula is C12H14F6N2O. The highest BCUT2D eigenvalue weighted by atomic mass is 19.4. The number of hydrogen-bond donors (Lipinski definition) is 1. The zero-order valence-corrected chi connectivity index (χ0v) is 11.1. The van der Waals surface area contributed by atoms with Gasteiger partial charge in [0.25, 0.3) is 6.10 Å². The molecule has 1 aromatic heterocycles. The quantitative estimate of drug-likeness (QED) is 0.645. The third kappa shape index (κ3) is 5.78. The van der Waals surface area contributed by atoms with Crippen molar-refractivity contribution in [3.63, 3.8) is 0 Å². The lowest BCUT2D eigenvalue weighted by molar-refractivity contribution is -0.300. The van der Waals surface area contributed by atoms with Crippen LogP contribution in [-0.2, 0) is 6.54 Å². The highest BCUT2D eigenvalue weighted by molar-refractivity contribution is 5.20. The molecule has 1 rings (SSSR count). The van der Waals surface area contributed by atoms with Crippen LogP contribution < -0.4 is 10.1 Å². The molecule has 0 aliphatic rings. The molecule has 1 aromatic rings. The molecule has 0 bridgehead atoms. The first-order valence-electron chi connectivity index (χ1n) is 6.10. The summed E-state index contributed by atoms with van der Waals surface area (Å²) in [5.41, 5.74) is 0.483. The van der Waals surface area contributed by atoms with Gasteiger partial charge in [-0.2, -0.15) is 26.3 Å². The monoisotopic (exact) mass is 316 g/mol. The Morgan fingerprint density at radius 1 is 1.19 bits per heavy atom. The minimum atomic E-state index is -5.56. The van der Waals surface area contributed by atoms with Gasteiger partial charge >= 0.3 is 12.4 Å². The van der Waals surface area contributed by atoms with Gasteiger partial charge in [0.15, 0.2) is 0 Å². The molecule has 0 amide bonds. The summed E-state index contributed by atoms with van der Waals surface area (Å²) < 4.78 is 78.2. The maximum atomic E-state index is 12.4. The summed E-state index contributed by atoms with van der Waals surface area (Å²) in [4.78, 5) is 3.38. The molecule has 9 heteroatoms. The van der Waals surface area contributed by atoms with Crippen molar-refractivity contribution in [2.75, 3.05) is 6.54 Å². The molecule has 0 aliphatic heterocycles. The lowest BCUT2D eigenvalue weighted by Crippen LogP contribution is -2.46. The van der Waals surface area contributed by atoms with E-state index in [1.165, 1.54) is 6.07 Å². The maximum absolute atomic E-state index is 12.4. The van der Waals surface area contributed by atoms with Crippen molar-refractivity contribution in [1.82, 2.24) is 10.3 Å². The Bertz CT molecular complexity index is 432. The fourth-order valence-corrected chi connectivity index (χ4v) is 1.47. The second-order valence-electron chi connectivity index (χ2n) is 4.26. The van der Waals surface area contributed by atoms with Crippen molar-refractivity contribution in [3.05, 3.63) is 23.9 Å². The first-order valence-corrected chi connectivity index (χ1v) is 6.10. The SMILES string of the molecule is CCCNCc1ccnc(OC(C(F)(F)F)C(F)(F)F)c1. The summed E-state index contributed by atoms with van der Waals surface area (Å²) in [7, 11) is 0. The number of aromatic nitrogens is 1. The molecule has 0 radical (unpaired) electrons. The molecule has 0 unspecified atom stereocenters. The number of halogens is 6. The summed E-state index contributed by atoms with van der Waals surface area (Å²) in [6.45, 7) is 2.90. The topological polar surface area (TPSA) is 34.2 Å². The van der Waals surface area contributed by atoms with E-state index < -0.39 is 24.3 Å². The van der Waals surface area contributed by atoms with Crippen LogP contribution in [0.4, 0.5) is 26.3 Å². The van der Waals surface area contributed by atoms with Gasteiger partial charge in [-0.15, -0.1) is 0 Å². The van der Waals surface area contributed by atoms with Gasteiger partial charge in [-0.05, 0) is 24.6 Å². The lowest BCUT2D eigenvalue weighted by atomic mass is 10.2. The van der Waals surface area contributed by atoms with Crippen molar-refractivity contribution < 1.29 is 31.1 Å². The maximum Gasteiger partial charge on any atom is 0.434 e. The Hall–Kier alpha value is -1.51. The van der Waals surface area contributed by atoms with Crippen LogP contribution in [0.1, 0.15) is 18.9 Å². The Morgan fingerprint density at radius 2 is 1.81 bits per heavy atom. The fourth-order valence-electron chi connectivity index (χ4n) is 1.47. The number of nitrogens with zero attached hydrogens (tertiary/aromatic N) is 1. The van der Waals surface area contributed by atoms with Crippen LogP contribution in [0.3, 0.4) is 0 Å². The van der Waals surface area contributed by atoms with Gasteiger partial charge in [0, 0.05) is 18.8 Å².